The molecule has 1 aromatic heterocycles. The molecule has 1 heterocycles. The van der Waals surface area contributed by atoms with Crippen LogP contribution in [0.15, 0.2) is 60.7 Å². The zero-order chi connectivity index (χ0) is 22.7. The number of thiazole rings is 1. The molecule has 162 valence electrons. The van der Waals surface area contributed by atoms with Crippen molar-refractivity contribution >= 4 is 45.2 Å². The van der Waals surface area contributed by atoms with Gasteiger partial charge in [-0.2, -0.15) is 0 Å². The molecule has 0 saturated carbocycles. The van der Waals surface area contributed by atoms with Crippen LogP contribution in [0.5, 0.6) is 11.5 Å². The van der Waals surface area contributed by atoms with Crippen molar-refractivity contribution in [3.8, 4) is 11.5 Å². The fourth-order valence-electron chi connectivity index (χ4n) is 2.78. The Hall–Kier alpha value is -3.56. The molecule has 4 aromatic rings. The van der Waals surface area contributed by atoms with E-state index in [4.69, 9.17) is 21.1 Å². The van der Waals surface area contributed by atoms with Crippen molar-refractivity contribution in [3.63, 3.8) is 0 Å². The Labute approximate surface area is 189 Å². The summed E-state index contributed by atoms with van der Waals surface area (Å²) in [7, 11) is 0. The second kappa shape index (κ2) is 9.29. The molecule has 0 atom stereocenters. The number of fused-ring (bicyclic) bond motifs is 1. The predicted molar refractivity (Wildman–Crippen MR) is 115 cm³/mol. The van der Waals surface area contributed by atoms with E-state index in [1.807, 2.05) is 0 Å². The predicted octanol–water partition coefficient (Wildman–Crippen LogP) is 5.74. The quantitative estimate of drug-likeness (QED) is 0.399. The Bertz CT molecular complexity index is 1310. The van der Waals surface area contributed by atoms with E-state index in [1.54, 1.807) is 41.7 Å². The molecule has 0 aliphatic rings. The first-order chi connectivity index (χ1) is 15.4. The highest BCUT2D eigenvalue weighted by molar-refractivity contribution is 7.18. The Morgan fingerprint density at radius 3 is 2.62 bits per heavy atom. The Morgan fingerprint density at radius 2 is 1.84 bits per heavy atom. The Balaban J connectivity index is 1.47. The van der Waals surface area contributed by atoms with Crippen LogP contribution in [0.3, 0.4) is 0 Å². The lowest BCUT2D eigenvalue weighted by Crippen LogP contribution is -2.34. The number of nitrogens with one attached hydrogen (secondary N) is 1. The van der Waals surface area contributed by atoms with E-state index in [0.717, 1.165) is 16.8 Å². The smallest absolute Gasteiger partial charge is 0.419 e. The van der Waals surface area contributed by atoms with Gasteiger partial charge in [-0.15, -0.1) is 11.3 Å². The second-order valence-corrected chi connectivity index (χ2v) is 7.95. The molecule has 32 heavy (non-hydrogen) atoms. The van der Waals surface area contributed by atoms with E-state index in [2.05, 4.69) is 4.98 Å². The number of benzene rings is 3. The third kappa shape index (κ3) is 4.84. The largest absolute Gasteiger partial charge is 0.483 e. The molecular formula is C22H13ClF2N2O4S. The number of imide groups is 1. The minimum Gasteiger partial charge on any atom is -0.483 e. The Kier molecular flexibility index (Phi) is 6.29. The highest BCUT2D eigenvalue weighted by atomic mass is 35.5. The molecule has 4 rings (SSSR count). The van der Waals surface area contributed by atoms with Gasteiger partial charge in [0.2, 0.25) is 0 Å². The molecule has 0 fully saturated rings. The lowest BCUT2D eigenvalue weighted by atomic mass is 10.1. The van der Waals surface area contributed by atoms with Crippen molar-refractivity contribution in [1.82, 2.24) is 10.3 Å². The van der Waals surface area contributed by atoms with E-state index >= 15 is 0 Å². The third-order valence-electron chi connectivity index (χ3n) is 4.20. The van der Waals surface area contributed by atoms with Gasteiger partial charge >= 0.3 is 6.09 Å². The number of carbonyl (C=O) groups is 2. The minimum atomic E-state index is -1.30. The van der Waals surface area contributed by atoms with Crippen molar-refractivity contribution in [2.45, 2.75) is 6.61 Å². The summed E-state index contributed by atoms with van der Waals surface area (Å²) in [4.78, 5) is 28.5. The van der Waals surface area contributed by atoms with Crippen molar-refractivity contribution in [3.05, 3.63) is 87.9 Å². The molecule has 1 N–H and O–H groups in total. The number of aromatic nitrogens is 1. The highest BCUT2D eigenvalue weighted by Crippen LogP contribution is 2.28. The van der Waals surface area contributed by atoms with E-state index in [9.17, 15) is 18.4 Å². The first-order valence-electron chi connectivity index (χ1n) is 9.14. The molecular weight excluding hydrogens is 462 g/mol. The average molecular weight is 475 g/mol. The number of ether oxygens (including phenoxy) is 2. The molecule has 0 unspecified atom stereocenters. The molecule has 0 saturated heterocycles. The summed E-state index contributed by atoms with van der Waals surface area (Å²) in [6.45, 7) is -0.114. The topological polar surface area (TPSA) is 77.5 Å². The summed E-state index contributed by atoms with van der Waals surface area (Å²) < 4.78 is 40.1. The average Bonchev–Trinajstić information content (AvgIpc) is 3.15. The number of halogens is 3. The van der Waals surface area contributed by atoms with Gasteiger partial charge in [0.25, 0.3) is 5.91 Å². The highest BCUT2D eigenvalue weighted by Gasteiger charge is 2.24. The normalized spacial score (nSPS) is 10.7. The van der Waals surface area contributed by atoms with Crippen molar-refractivity contribution in [2.24, 2.45) is 0 Å². The van der Waals surface area contributed by atoms with Crippen LogP contribution in [0.25, 0.3) is 10.2 Å². The second-order valence-electron chi connectivity index (χ2n) is 6.40. The van der Waals surface area contributed by atoms with E-state index in [1.165, 1.54) is 23.5 Å². The van der Waals surface area contributed by atoms with Crippen LogP contribution in [0.1, 0.15) is 15.4 Å². The van der Waals surface area contributed by atoms with E-state index < -0.39 is 29.2 Å². The van der Waals surface area contributed by atoms with Gasteiger partial charge in [-0.25, -0.2) is 18.6 Å². The molecule has 3 aromatic carbocycles. The zero-order valence-electron chi connectivity index (χ0n) is 16.1. The molecule has 0 bridgehead atoms. The number of nitrogens with zero attached hydrogens (tertiary/aromatic N) is 1. The standard InChI is InChI=1S/C22H13ClF2N2O4S/c23-12-6-9-17-15(10-12)26-18(32-17)11-30-16-8-7-14(24)19(20(16)25)21(28)27-22(29)31-13-4-2-1-3-5-13/h1-10H,11H2,(H,27,28,29). The number of amides is 2. The summed E-state index contributed by atoms with van der Waals surface area (Å²) in [5.41, 5.74) is -0.304. The van der Waals surface area contributed by atoms with Crippen LogP contribution in [0.4, 0.5) is 13.6 Å². The monoisotopic (exact) mass is 474 g/mol. The van der Waals surface area contributed by atoms with Crippen LogP contribution in [-0.4, -0.2) is 17.0 Å². The first-order valence-corrected chi connectivity index (χ1v) is 10.3. The fourth-order valence-corrected chi connectivity index (χ4v) is 3.81. The van der Waals surface area contributed by atoms with Gasteiger partial charge in [0.15, 0.2) is 11.6 Å². The van der Waals surface area contributed by atoms with Gasteiger partial charge in [-0.05, 0) is 42.5 Å². The first kappa shape index (κ1) is 21.7. The maximum absolute atomic E-state index is 14.8. The third-order valence-corrected chi connectivity index (χ3v) is 5.44. The summed E-state index contributed by atoms with van der Waals surface area (Å²) in [5.74, 6) is -3.92. The van der Waals surface area contributed by atoms with Gasteiger partial charge in [-0.3, -0.25) is 10.1 Å². The maximum atomic E-state index is 14.8. The van der Waals surface area contributed by atoms with Crippen molar-refractivity contribution < 1.29 is 27.8 Å². The van der Waals surface area contributed by atoms with Gasteiger partial charge in [0.05, 0.1) is 10.2 Å². The lowest BCUT2D eigenvalue weighted by Gasteiger charge is -2.10. The zero-order valence-corrected chi connectivity index (χ0v) is 17.7. The molecule has 0 radical (unpaired) electrons. The van der Waals surface area contributed by atoms with Crippen molar-refractivity contribution in [2.75, 3.05) is 0 Å². The molecule has 0 aliphatic heterocycles. The minimum absolute atomic E-state index is 0.114. The van der Waals surface area contributed by atoms with Gasteiger partial charge in [0.1, 0.15) is 28.7 Å². The maximum Gasteiger partial charge on any atom is 0.419 e. The van der Waals surface area contributed by atoms with E-state index in [-0.39, 0.29) is 18.1 Å². The van der Waals surface area contributed by atoms with Gasteiger partial charge in [0, 0.05) is 5.02 Å². The van der Waals surface area contributed by atoms with Crippen LogP contribution >= 0.6 is 22.9 Å². The fraction of sp³-hybridized carbons (Fsp3) is 0.0455. The molecule has 2 amide bonds. The van der Waals surface area contributed by atoms with Crippen LogP contribution in [0.2, 0.25) is 5.02 Å². The summed E-state index contributed by atoms with van der Waals surface area (Å²) in [6, 6.07) is 15.0. The number of hydrogen-bond acceptors (Lipinski definition) is 6. The summed E-state index contributed by atoms with van der Waals surface area (Å²) in [5, 5.41) is 2.85. The molecule has 0 spiro atoms. The van der Waals surface area contributed by atoms with Gasteiger partial charge in [-0.1, -0.05) is 29.8 Å². The molecule has 10 heteroatoms. The summed E-state index contributed by atoms with van der Waals surface area (Å²) >= 11 is 7.26. The van der Waals surface area contributed by atoms with Gasteiger partial charge < -0.3 is 9.47 Å². The SMILES string of the molecule is O=C(NC(=O)c1c(F)ccc(OCc2nc3cc(Cl)ccc3s2)c1F)Oc1ccccc1. The number of carbonyl (C=O) groups excluding carboxylic acids is 2. The number of hydrogen-bond donors (Lipinski definition) is 1. The molecule has 0 aliphatic carbocycles. The molecule has 6 nitrogen and oxygen atoms in total. The lowest BCUT2D eigenvalue weighted by molar-refractivity contribution is 0.0941. The van der Waals surface area contributed by atoms with Crippen molar-refractivity contribution in [1.29, 1.82) is 0 Å². The number of para-hydroxylation sites is 1. The summed E-state index contributed by atoms with van der Waals surface area (Å²) in [6.07, 6.45) is -1.18. The number of rotatable bonds is 5. The van der Waals surface area contributed by atoms with E-state index in [0.29, 0.717) is 15.5 Å². The van der Waals surface area contributed by atoms with Crippen LogP contribution in [0, 0.1) is 11.6 Å². The Morgan fingerprint density at radius 1 is 1.06 bits per heavy atom. The van der Waals surface area contributed by atoms with Crippen LogP contribution < -0.4 is 14.8 Å². The van der Waals surface area contributed by atoms with Crippen LogP contribution in [-0.2, 0) is 6.61 Å².